The molecule has 4 atom stereocenters. The van der Waals surface area contributed by atoms with Gasteiger partial charge in [0.1, 0.15) is 18.1 Å². The van der Waals surface area contributed by atoms with E-state index in [0.717, 1.165) is 62.6 Å². The number of piperidine rings is 1. The highest BCUT2D eigenvalue weighted by Gasteiger charge is 2.44. The van der Waals surface area contributed by atoms with Crippen LogP contribution in [0, 0.1) is 11.8 Å². The Morgan fingerprint density at radius 2 is 1.61 bits per heavy atom. The molecule has 54 heavy (non-hydrogen) atoms. The Balaban J connectivity index is 1.33. The van der Waals surface area contributed by atoms with Crippen LogP contribution in [0.15, 0.2) is 54.6 Å². The average Bonchev–Trinajstić information content (AvgIpc) is 3.61. The summed E-state index contributed by atoms with van der Waals surface area (Å²) in [6.07, 6.45) is 5.88. The second kappa shape index (κ2) is 20.5. The summed E-state index contributed by atoms with van der Waals surface area (Å²) in [5.74, 6) is -2.00. The summed E-state index contributed by atoms with van der Waals surface area (Å²) in [7, 11) is -3.79. The van der Waals surface area contributed by atoms with Gasteiger partial charge in [0, 0.05) is 44.2 Å². The van der Waals surface area contributed by atoms with Gasteiger partial charge in [0.25, 0.3) is 5.91 Å². The first-order valence-corrected chi connectivity index (χ1v) is 21.3. The fourth-order valence-electron chi connectivity index (χ4n) is 7.47. The van der Waals surface area contributed by atoms with E-state index in [9.17, 15) is 27.6 Å². The quantitative estimate of drug-likeness (QED) is 0.166. The molecule has 3 amide bonds. The van der Waals surface area contributed by atoms with Crippen LogP contribution in [0.4, 0.5) is 0 Å². The normalized spacial score (nSPS) is 21.0. The number of rotatable bonds is 18. The van der Waals surface area contributed by atoms with Crippen LogP contribution >= 0.6 is 11.6 Å². The molecule has 0 spiro atoms. The molecule has 2 aromatic rings. The Morgan fingerprint density at radius 1 is 0.926 bits per heavy atom. The van der Waals surface area contributed by atoms with Gasteiger partial charge in [-0.25, -0.2) is 13.1 Å². The molecule has 0 bridgehead atoms. The van der Waals surface area contributed by atoms with Crippen LogP contribution in [0.5, 0.6) is 0 Å². The summed E-state index contributed by atoms with van der Waals surface area (Å²) in [5, 5.41) is 9.45. The fourth-order valence-corrected chi connectivity index (χ4v) is 8.33. The predicted molar refractivity (Wildman–Crippen MR) is 205 cm³/mol. The van der Waals surface area contributed by atoms with Crippen LogP contribution in [0.3, 0.4) is 0 Å². The maximum absolute atomic E-state index is 14.3. The molecular formula is C39H54ClN5O8S. The van der Waals surface area contributed by atoms with Gasteiger partial charge in [-0.15, -0.1) is 0 Å². The van der Waals surface area contributed by atoms with Gasteiger partial charge in [-0.3, -0.25) is 19.2 Å². The van der Waals surface area contributed by atoms with Crippen molar-refractivity contribution < 1.29 is 37.1 Å². The Hall–Kier alpha value is -3.40. The monoisotopic (exact) mass is 787 g/mol. The zero-order valence-corrected chi connectivity index (χ0v) is 32.5. The minimum absolute atomic E-state index is 0.0315. The van der Waals surface area contributed by atoms with Gasteiger partial charge in [-0.05, 0) is 93.1 Å². The van der Waals surface area contributed by atoms with Crippen LogP contribution in [0.2, 0.25) is 5.02 Å². The largest absolute Gasteiger partial charge is 0.381 e. The third kappa shape index (κ3) is 13.1. The molecule has 15 heteroatoms. The zero-order chi connectivity index (χ0) is 38.5. The standard InChI is InChI=1S/C39H54ClN5O8S/c1-54(50,51)44-33(12-9-27-13-18-41-19-14-27)39(49)45-25-32(53-26-30-7-10-31(40)11-8-30)24-35(45)37(47)43-34(23-29-5-3-2-4-6-29)36(46)38(48)42-20-15-28-16-21-52-22-17-28/h2-8,10-11,27-28,32-35,41,44H,9,12-26H2,1H3,(H,42,48)(H,43,47)/t32-,33-,34+,35+/m1/s1. The van der Waals surface area contributed by atoms with Gasteiger partial charge in [-0.2, -0.15) is 0 Å². The van der Waals surface area contributed by atoms with Crippen molar-refractivity contribution >= 4 is 45.1 Å². The van der Waals surface area contributed by atoms with Gasteiger partial charge >= 0.3 is 0 Å². The van der Waals surface area contributed by atoms with Crippen molar-refractivity contribution in [1.29, 1.82) is 0 Å². The number of amides is 3. The topological polar surface area (TPSA) is 172 Å². The van der Waals surface area contributed by atoms with Crippen LogP contribution in [-0.2, 0) is 51.7 Å². The molecule has 0 aromatic heterocycles. The molecule has 3 fully saturated rings. The smallest absolute Gasteiger partial charge is 0.289 e. The number of likely N-dealkylation sites (tertiary alicyclic amines) is 1. The van der Waals surface area contributed by atoms with E-state index < -0.39 is 57.8 Å². The van der Waals surface area contributed by atoms with Gasteiger partial charge < -0.3 is 30.3 Å². The Bertz CT molecular complexity index is 1650. The molecule has 5 rings (SSSR count). The lowest BCUT2D eigenvalue weighted by molar-refractivity contribution is -0.142. The summed E-state index contributed by atoms with van der Waals surface area (Å²) in [5.41, 5.74) is 1.59. The third-order valence-electron chi connectivity index (χ3n) is 10.5. The summed E-state index contributed by atoms with van der Waals surface area (Å²) < 4.78 is 39.2. The first kappa shape index (κ1) is 41.8. The SMILES string of the molecule is CS(=O)(=O)N[C@H](CCC1CCNCC1)C(=O)N1C[C@H](OCc2ccc(Cl)cc2)C[C@H]1C(=O)N[C@@H](Cc1ccccc1)C(=O)C(=O)NCCC1CCOCC1. The number of carbonyl (C=O) groups is 4. The summed E-state index contributed by atoms with van der Waals surface area (Å²) >= 11 is 6.05. The van der Waals surface area contributed by atoms with Crippen molar-refractivity contribution in [3.05, 3.63) is 70.7 Å². The molecule has 0 radical (unpaired) electrons. The summed E-state index contributed by atoms with van der Waals surface area (Å²) in [4.78, 5) is 56.9. The van der Waals surface area contributed by atoms with Crippen molar-refractivity contribution in [3.8, 4) is 0 Å². The van der Waals surface area contributed by atoms with Crippen LogP contribution in [-0.4, -0.2) is 107 Å². The molecule has 3 aliphatic heterocycles. The minimum Gasteiger partial charge on any atom is -0.381 e. The van der Waals surface area contributed by atoms with Crippen molar-refractivity contribution in [2.45, 2.75) is 88.6 Å². The van der Waals surface area contributed by atoms with E-state index in [1.807, 2.05) is 42.5 Å². The number of nitrogens with one attached hydrogen (secondary N) is 4. The lowest BCUT2D eigenvalue weighted by atomic mass is 9.91. The highest BCUT2D eigenvalue weighted by atomic mass is 35.5. The van der Waals surface area contributed by atoms with Gasteiger partial charge in [0.15, 0.2) is 0 Å². The molecule has 0 unspecified atom stereocenters. The van der Waals surface area contributed by atoms with Gasteiger partial charge in [0.2, 0.25) is 27.6 Å². The molecule has 13 nitrogen and oxygen atoms in total. The highest BCUT2D eigenvalue weighted by Crippen LogP contribution is 2.26. The number of carbonyl (C=O) groups excluding carboxylic acids is 4. The second-order valence-corrected chi connectivity index (χ2v) is 16.9. The van der Waals surface area contributed by atoms with E-state index in [1.54, 1.807) is 12.1 Å². The predicted octanol–water partition coefficient (Wildman–Crippen LogP) is 2.75. The lowest BCUT2D eigenvalue weighted by Gasteiger charge is -2.30. The van der Waals surface area contributed by atoms with Gasteiger partial charge in [0.05, 0.1) is 19.0 Å². The lowest BCUT2D eigenvalue weighted by Crippen LogP contribution is -2.56. The van der Waals surface area contributed by atoms with Crippen LogP contribution in [0.25, 0.3) is 0 Å². The van der Waals surface area contributed by atoms with E-state index in [0.29, 0.717) is 43.0 Å². The Morgan fingerprint density at radius 3 is 2.30 bits per heavy atom. The van der Waals surface area contributed by atoms with E-state index in [4.69, 9.17) is 21.1 Å². The molecule has 0 aliphatic carbocycles. The number of ketones is 1. The molecule has 4 N–H and O–H groups in total. The van der Waals surface area contributed by atoms with Crippen molar-refractivity contribution in [2.75, 3.05) is 45.6 Å². The second-order valence-electron chi connectivity index (χ2n) is 14.7. The molecule has 0 saturated carbocycles. The van der Waals surface area contributed by atoms with E-state index in [2.05, 4.69) is 20.7 Å². The zero-order valence-electron chi connectivity index (χ0n) is 31.0. The maximum Gasteiger partial charge on any atom is 0.289 e. The van der Waals surface area contributed by atoms with Crippen molar-refractivity contribution in [3.63, 3.8) is 0 Å². The summed E-state index contributed by atoms with van der Waals surface area (Å²) in [6, 6.07) is 12.8. The first-order chi connectivity index (χ1) is 25.9. The molecule has 3 heterocycles. The highest BCUT2D eigenvalue weighted by molar-refractivity contribution is 7.88. The van der Waals surface area contributed by atoms with Crippen molar-refractivity contribution in [2.24, 2.45) is 11.8 Å². The molecular weight excluding hydrogens is 734 g/mol. The van der Waals surface area contributed by atoms with E-state index in [-0.39, 0.29) is 32.4 Å². The minimum atomic E-state index is -3.79. The average molecular weight is 788 g/mol. The maximum atomic E-state index is 14.3. The Labute approximate surface area is 323 Å². The van der Waals surface area contributed by atoms with E-state index in [1.165, 1.54) is 4.90 Å². The number of hydrogen-bond donors (Lipinski definition) is 4. The summed E-state index contributed by atoms with van der Waals surface area (Å²) in [6.45, 7) is 3.64. The Kier molecular flexibility index (Phi) is 15.9. The fraction of sp³-hybridized carbons (Fsp3) is 0.590. The van der Waals surface area contributed by atoms with E-state index >= 15 is 0 Å². The molecule has 2 aromatic carbocycles. The molecule has 3 aliphatic rings. The number of Topliss-reactive ketones (excluding diaryl/α,β-unsaturated/α-hetero) is 1. The number of halogens is 1. The molecule has 296 valence electrons. The van der Waals surface area contributed by atoms with Gasteiger partial charge in [-0.1, -0.05) is 54.1 Å². The van der Waals surface area contributed by atoms with Crippen LogP contribution in [0.1, 0.15) is 62.5 Å². The molecule has 3 saturated heterocycles. The number of hydrogen-bond acceptors (Lipinski definition) is 9. The number of ether oxygens (including phenoxy) is 2. The number of sulfonamides is 1. The number of benzene rings is 2. The number of nitrogens with zero attached hydrogens (tertiary/aromatic N) is 1. The van der Waals surface area contributed by atoms with Crippen LogP contribution < -0.4 is 20.7 Å². The third-order valence-corrected chi connectivity index (χ3v) is 11.5. The first-order valence-electron chi connectivity index (χ1n) is 19.0. The van der Waals surface area contributed by atoms with Crippen molar-refractivity contribution in [1.82, 2.24) is 25.6 Å².